The topological polar surface area (TPSA) is 30.2 Å². The lowest BCUT2D eigenvalue weighted by Crippen LogP contribution is -2.34. The molecule has 106 valence electrons. The van der Waals surface area contributed by atoms with Gasteiger partial charge in [-0.05, 0) is 28.5 Å². The van der Waals surface area contributed by atoms with Gasteiger partial charge in [-0.1, -0.05) is 18.2 Å². The Morgan fingerprint density at radius 1 is 1.24 bits per heavy atom. The molecule has 0 spiro atoms. The van der Waals surface area contributed by atoms with Crippen molar-refractivity contribution in [3.63, 3.8) is 0 Å². The maximum absolute atomic E-state index is 11.5. The van der Waals surface area contributed by atoms with Gasteiger partial charge in [0.2, 0.25) is 0 Å². The fraction of sp³-hybridized carbons (Fsp3) is 0.176. The van der Waals surface area contributed by atoms with Crippen LogP contribution in [0.3, 0.4) is 0 Å². The molecule has 2 heterocycles. The highest BCUT2D eigenvalue weighted by molar-refractivity contribution is 7.17. The second-order valence-electron chi connectivity index (χ2n) is 4.83. The minimum atomic E-state index is -0.301. The van der Waals surface area contributed by atoms with Crippen LogP contribution < -0.4 is 4.57 Å². The number of hydrogen-bond donors (Lipinski definition) is 0. The van der Waals surface area contributed by atoms with E-state index in [-0.39, 0.29) is 5.97 Å². The smallest absolute Gasteiger partial charge is 0.343 e. The number of ether oxygens (including phenoxy) is 1. The van der Waals surface area contributed by atoms with E-state index >= 15 is 0 Å². The normalized spacial score (nSPS) is 10.7. The number of aryl methyl sites for hydroxylation is 2. The summed E-state index contributed by atoms with van der Waals surface area (Å²) in [5.41, 5.74) is 1.93. The zero-order chi connectivity index (χ0) is 14.7. The van der Waals surface area contributed by atoms with Gasteiger partial charge in [0.15, 0.2) is 18.9 Å². The molecular weight excluding hydrogens is 282 g/mol. The zero-order valence-electron chi connectivity index (χ0n) is 11.8. The maximum Gasteiger partial charge on any atom is 0.343 e. The van der Waals surface area contributed by atoms with Crippen LogP contribution in [0.4, 0.5) is 0 Å². The van der Waals surface area contributed by atoms with E-state index < -0.39 is 0 Å². The third-order valence-electron chi connectivity index (χ3n) is 3.48. The molecule has 0 aliphatic rings. The number of carbonyl (C=O) groups excluding carboxylic acids is 1. The van der Waals surface area contributed by atoms with Crippen molar-refractivity contribution in [1.29, 1.82) is 0 Å². The third-order valence-corrected chi connectivity index (χ3v) is 4.49. The van der Waals surface area contributed by atoms with Gasteiger partial charge < -0.3 is 4.74 Å². The Kier molecular flexibility index (Phi) is 3.97. The average molecular weight is 298 g/mol. The summed E-state index contributed by atoms with van der Waals surface area (Å²) >= 11 is 1.78. The summed E-state index contributed by atoms with van der Waals surface area (Å²) in [7, 11) is 1.40. The number of fused-ring (bicyclic) bond motifs is 1. The van der Waals surface area contributed by atoms with Crippen molar-refractivity contribution >= 4 is 27.4 Å². The second-order valence-corrected chi connectivity index (χ2v) is 5.74. The Morgan fingerprint density at radius 2 is 2.10 bits per heavy atom. The lowest BCUT2D eigenvalue weighted by atomic mass is 10.1. The molecule has 4 heteroatoms. The molecule has 3 rings (SSSR count). The number of nitrogens with zero attached hydrogens (tertiary/aromatic N) is 1. The second kappa shape index (κ2) is 6.06. The Bertz CT molecular complexity index is 779. The van der Waals surface area contributed by atoms with E-state index in [1.165, 1.54) is 22.8 Å². The summed E-state index contributed by atoms with van der Waals surface area (Å²) in [6, 6.07) is 12.1. The number of thiophene rings is 1. The molecule has 0 fully saturated rings. The van der Waals surface area contributed by atoms with E-state index in [0.29, 0.717) is 5.56 Å². The molecule has 0 amide bonds. The highest BCUT2D eigenvalue weighted by Crippen LogP contribution is 2.25. The largest absolute Gasteiger partial charge is 0.465 e. The minimum Gasteiger partial charge on any atom is -0.465 e. The Morgan fingerprint density at radius 3 is 2.95 bits per heavy atom. The molecule has 0 aliphatic heterocycles. The van der Waals surface area contributed by atoms with Gasteiger partial charge in [-0.2, -0.15) is 0 Å². The average Bonchev–Trinajstić information content (AvgIpc) is 2.95. The highest BCUT2D eigenvalue weighted by atomic mass is 32.1. The van der Waals surface area contributed by atoms with Crippen LogP contribution in [0.25, 0.3) is 10.1 Å². The van der Waals surface area contributed by atoms with Crippen molar-refractivity contribution < 1.29 is 14.1 Å². The lowest BCUT2D eigenvalue weighted by Gasteiger charge is -2.00. The van der Waals surface area contributed by atoms with Crippen LogP contribution in [-0.2, 0) is 17.7 Å². The van der Waals surface area contributed by atoms with Gasteiger partial charge in [0.1, 0.15) is 5.56 Å². The van der Waals surface area contributed by atoms with Gasteiger partial charge >= 0.3 is 5.97 Å². The molecule has 3 nitrogen and oxygen atoms in total. The monoisotopic (exact) mass is 298 g/mol. The molecule has 0 bridgehead atoms. The van der Waals surface area contributed by atoms with Crippen LogP contribution in [-0.4, -0.2) is 13.1 Å². The fourth-order valence-electron chi connectivity index (χ4n) is 2.38. The molecule has 2 aromatic heterocycles. The molecular formula is C17H16NO2S+. The minimum absolute atomic E-state index is 0.301. The predicted molar refractivity (Wildman–Crippen MR) is 83.5 cm³/mol. The molecule has 0 radical (unpaired) electrons. The molecule has 0 saturated carbocycles. The van der Waals surface area contributed by atoms with Gasteiger partial charge in [-0.3, -0.25) is 0 Å². The number of aromatic nitrogens is 1. The quantitative estimate of drug-likeness (QED) is 0.547. The summed E-state index contributed by atoms with van der Waals surface area (Å²) in [5.74, 6) is -0.301. The molecule has 0 unspecified atom stereocenters. The molecule has 3 aromatic rings. The molecule has 0 aliphatic carbocycles. The summed E-state index contributed by atoms with van der Waals surface area (Å²) in [6.07, 6.45) is 4.75. The van der Waals surface area contributed by atoms with Crippen molar-refractivity contribution in [1.82, 2.24) is 0 Å². The summed E-state index contributed by atoms with van der Waals surface area (Å²) in [6.45, 7) is 0.839. The summed E-state index contributed by atoms with van der Waals surface area (Å²) < 4.78 is 8.10. The maximum atomic E-state index is 11.5. The number of methoxy groups -OCH3 is 1. The number of esters is 1. The fourth-order valence-corrected chi connectivity index (χ4v) is 3.37. The van der Waals surface area contributed by atoms with Gasteiger partial charge in [0.05, 0.1) is 7.11 Å². The SMILES string of the molecule is COC(=O)c1ccc[n+](CCc2csc3ccccc23)c1. The van der Waals surface area contributed by atoms with E-state index in [2.05, 4.69) is 29.6 Å². The summed E-state index contributed by atoms with van der Waals surface area (Å²) in [5, 5.41) is 3.54. The van der Waals surface area contributed by atoms with Crippen LogP contribution in [0.1, 0.15) is 15.9 Å². The number of carbonyl (C=O) groups is 1. The van der Waals surface area contributed by atoms with Crippen molar-refractivity contribution in [2.24, 2.45) is 0 Å². The first-order valence-electron chi connectivity index (χ1n) is 6.80. The van der Waals surface area contributed by atoms with Gasteiger partial charge in [0, 0.05) is 17.2 Å². The summed E-state index contributed by atoms with van der Waals surface area (Å²) in [4.78, 5) is 11.5. The molecule has 0 atom stereocenters. The van der Waals surface area contributed by atoms with Gasteiger partial charge in [-0.15, -0.1) is 11.3 Å². The van der Waals surface area contributed by atoms with Crippen molar-refractivity contribution in [3.05, 3.63) is 65.3 Å². The lowest BCUT2D eigenvalue weighted by molar-refractivity contribution is -0.696. The van der Waals surface area contributed by atoms with Crippen molar-refractivity contribution in [3.8, 4) is 0 Å². The van der Waals surface area contributed by atoms with Crippen LogP contribution in [0.5, 0.6) is 0 Å². The van der Waals surface area contributed by atoms with Crippen LogP contribution in [0.2, 0.25) is 0 Å². The van der Waals surface area contributed by atoms with E-state index in [1.807, 2.05) is 23.0 Å². The van der Waals surface area contributed by atoms with Crippen molar-refractivity contribution in [2.45, 2.75) is 13.0 Å². The molecule has 1 aromatic carbocycles. The Balaban J connectivity index is 1.77. The number of rotatable bonds is 4. The standard InChI is InChI=1S/C17H16NO2S/c1-20-17(19)13-5-4-9-18(11-13)10-8-14-12-21-16-7-3-2-6-15(14)16/h2-7,9,11-12H,8,10H2,1H3/q+1. The van der Waals surface area contributed by atoms with Crippen LogP contribution in [0.15, 0.2) is 54.2 Å². The number of benzene rings is 1. The number of pyridine rings is 1. The van der Waals surface area contributed by atoms with Crippen molar-refractivity contribution in [2.75, 3.05) is 7.11 Å². The first-order valence-corrected chi connectivity index (χ1v) is 7.68. The molecule has 0 N–H and O–H groups in total. The Labute approximate surface area is 127 Å². The highest BCUT2D eigenvalue weighted by Gasteiger charge is 2.11. The third kappa shape index (κ3) is 2.95. The Hall–Kier alpha value is -2.20. The molecule has 0 saturated heterocycles. The zero-order valence-corrected chi connectivity index (χ0v) is 12.6. The van der Waals surface area contributed by atoms with Gasteiger partial charge in [-0.25, -0.2) is 9.36 Å². The predicted octanol–water partition coefficient (Wildman–Crippen LogP) is 3.22. The first-order chi connectivity index (χ1) is 10.3. The van der Waals surface area contributed by atoms with E-state index in [1.54, 1.807) is 17.4 Å². The first kappa shape index (κ1) is 13.8. The van der Waals surface area contributed by atoms with Crippen LogP contribution >= 0.6 is 11.3 Å². The number of hydrogen-bond acceptors (Lipinski definition) is 3. The molecule has 21 heavy (non-hydrogen) atoms. The van der Waals surface area contributed by atoms with E-state index in [0.717, 1.165) is 13.0 Å². The van der Waals surface area contributed by atoms with E-state index in [4.69, 9.17) is 4.74 Å². The van der Waals surface area contributed by atoms with E-state index in [9.17, 15) is 4.79 Å². The van der Waals surface area contributed by atoms with Crippen LogP contribution in [0, 0.1) is 0 Å². The van der Waals surface area contributed by atoms with Gasteiger partial charge in [0.25, 0.3) is 0 Å².